The van der Waals surface area contributed by atoms with Crippen LogP contribution in [0.15, 0.2) is 42.9 Å². The molecule has 1 aromatic heterocycles. The number of aromatic nitrogens is 2. The summed E-state index contributed by atoms with van der Waals surface area (Å²) < 4.78 is 18.4. The average molecular weight is 544 g/mol. The highest BCUT2D eigenvalue weighted by Crippen LogP contribution is 2.45. The third-order valence-corrected chi connectivity index (χ3v) is 9.99. The molecule has 2 N–H and O–H groups in total. The Morgan fingerprint density at radius 2 is 1.98 bits per heavy atom. The van der Waals surface area contributed by atoms with Gasteiger partial charge < -0.3 is 15.0 Å². The Morgan fingerprint density at radius 1 is 1.15 bits per heavy atom. The number of allylic oxidation sites excluding steroid dienone is 1. The first kappa shape index (κ1) is 27.2. The van der Waals surface area contributed by atoms with Crippen LogP contribution in [0.5, 0.6) is 0 Å². The molecule has 2 fully saturated rings. The number of hydrogen-bond donors (Lipinski definition) is 2. The number of hydrogen-bond acceptors (Lipinski definition) is 4. The fraction of sp³-hybridized carbons (Fsp3) is 0.529. The Balaban J connectivity index is 1.40. The van der Waals surface area contributed by atoms with Crippen LogP contribution in [0.1, 0.15) is 106 Å². The monoisotopic (exact) mass is 543 g/mol. The summed E-state index contributed by atoms with van der Waals surface area (Å²) in [6.45, 7) is 4.23. The van der Waals surface area contributed by atoms with Crippen molar-refractivity contribution in [2.75, 3.05) is 11.9 Å². The number of imidazole rings is 1. The van der Waals surface area contributed by atoms with Crippen molar-refractivity contribution >= 4 is 22.5 Å². The number of Topliss-reactive ketones (excluding diaryl/α,β-unsaturated/α-hetero) is 1. The third kappa shape index (κ3) is 4.89. The number of aliphatic hydroxyl groups is 1. The van der Waals surface area contributed by atoms with Crippen molar-refractivity contribution in [2.45, 2.75) is 90.0 Å². The van der Waals surface area contributed by atoms with Gasteiger partial charge in [-0.3, -0.25) is 4.79 Å². The van der Waals surface area contributed by atoms with E-state index in [1.54, 1.807) is 6.07 Å². The molecule has 5 nitrogen and oxygen atoms in total. The van der Waals surface area contributed by atoms with Gasteiger partial charge >= 0.3 is 0 Å². The molecule has 0 radical (unpaired) electrons. The molecule has 3 aliphatic rings. The molecule has 2 heterocycles. The first-order chi connectivity index (χ1) is 19.5. The van der Waals surface area contributed by atoms with Crippen LogP contribution >= 0.6 is 0 Å². The summed E-state index contributed by atoms with van der Waals surface area (Å²) in [6, 6.07) is 8.38. The van der Waals surface area contributed by atoms with Crippen molar-refractivity contribution in [3.63, 3.8) is 0 Å². The van der Waals surface area contributed by atoms with E-state index >= 15 is 4.39 Å². The number of aliphatic hydroxyl groups excluding tert-OH is 1. The van der Waals surface area contributed by atoms with Gasteiger partial charge in [-0.25, -0.2) is 9.37 Å². The van der Waals surface area contributed by atoms with E-state index < -0.39 is 5.82 Å². The number of benzene rings is 2. The van der Waals surface area contributed by atoms with Crippen molar-refractivity contribution in [1.29, 1.82) is 0 Å². The maximum Gasteiger partial charge on any atom is 0.170 e. The van der Waals surface area contributed by atoms with Gasteiger partial charge in [-0.1, -0.05) is 51.7 Å². The van der Waals surface area contributed by atoms with Crippen LogP contribution in [-0.4, -0.2) is 27.0 Å². The highest BCUT2D eigenvalue weighted by atomic mass is 19.1. The van der Waals surface area contributed by atoms with E-state index in [2.05, 4.69) is 41.1 Å². The lowest BCUT2D eigenvalue weighted by Crippen LogP contribution is -2.29. The van der Waals surface area contributed by atoms with Crippen LogP contribution in [0.4, 0.5) is 10.1 Å². The van der Waals surface area contributed by atoms with Gasteiger partial charge in [-0.05, 0) is 91.5 Å². The summed E-state index contributed by atoms with van der Waals surface area (Å²) in [5.41, 5.74) is 5.60. The topological polar surface area (TPSA) is 67.2 Å². The standard InChI is InChI=1S/C34H42FN3O2/c1-3-23-14-15-36-33-31(23)27(18-28(35)32(33)34(40)21(2)24-9-7-8-22(16-24)19-39)25-12-13-30-29(17-25)37-20-38(30)26-10-5-4-6-11-26/h12-15,17-18,20-24,26,36,39H,3-11,16,19H2,1-2H3. The number of carbonyl (C=O) groups is 1. The molecule has 2 aromatic carbocycles. The van der Waals surface area contributed by atoms with Gasteiger partial charge in [0, 0.05) is 24.5 Å². The summed E-state index contributed by atoms with van der Waals surface area (Å²) in [4.78, 5) is 18.7. The lowest BCUT2D eigenvalue weighted by atomic mass is 9.73. The second-order valence-corrected chi connectivity index (χ2v) is 12.4. The lowest BCUT2D eigenvalue weighted by molar-refractivity contribution is 0.0804. The Labute approximate surface area is 236 Å². The number of rotatable bonds is 7. The molecule has 2 saturated carbocycles. The molecule has 3 aromatic rings. The number of nitrogens with zero attached hydrogens (tertiary/aromatic N) is 2. The largest absolute Gasteiger partial charge is 0.396 e. The number of nitrogens with one attached hydrogen (secondary N) is 1. The van der Waals surface area contributed by atoms with E-state index in [9.17, 15) is 9.90 Å². The van der Waals surface area contributed by atoms with Gasteiger partial charge in [0.25, 0.3) is 0 Å². The quantitative estimate of drug-likeness (QED) is 0.294. The predicted molar refractivity (Wildman–Crippen MR) is 159 cm³/mol. The van der Waals surface area contributed by atoms with Gasteiger partial charge in [0.15, 0.2) is 5.78 Å². The number of ketones is 1. The molecular weight excluding hydrogens is 501 g/mol. The molecule has 6 rings (SSSR count). The van der Waals surface area contributed by atoms with Crippen molar-refractivity contribution in [3.05, 3.63) is 59.8 Å². The minimum absolute atomic E-state index is 0.0812. The summed E-state index contributed by atoms with van der Waals surface area (Å²) >= 11 is 0. The second kappa shape index (κ2) is 11.5. The Morgan fingerprint density at radius 3 is 2.75 bits per heavy atom. The van der Waals surface area contributed by atoms with Crippen LogP contribution < -0.4 is 5.32 Å². The fourth-order valence-corrected chi connectivity index (χ4v) is 7.61. The van der Waals surface area contributed by atoms with E-state index in [-0.39, 0.29) is 41.6 Å². The zero-order valence-corrected chi connectivity index (χ0v) is 23.8. The second-order valence-electron chi connectivity index (χ2n) is 12.4. The van der Waals surface area contributed by atoms with Crippen LogP contribution in [0.2, 0.25) is 0 Å². The molecule has 0 bridgehead atoms. The summed E-state index contributed by atoms with van der Waals surface area (Å²) in [6.07, 6.45) is 16.8. The minimum Gasteiger partial charge on any atom is -0.396 e. The highest BCUT2D eigenvalue weighted by molar-refractivity contribution is 6.05. The van der Waals surface area contributed by atoms with E-state index in [0.717, 1.165) is 59.8 Å². The van der Waals surface area contributed by atoms with Crippen molar-refractivity contribution in [3.8, 4) is 11.1 Å². The molecule has 0 saturated heterocycles. The van der Waals surface area contributed by atoms with Crippen LogP contribution in [-0.2, 0) is 0 Å². The average Bonchev–Trinajstić information content (AvgIpc) is 3.43. The number of anilines is 1. The van der Waals surface area contributed by atoms with Crippen LogP contribution in [0.3, 0.4) is 0 Å². The van der Waals surface area contributed by atoms with E-state index in [0.29, 0.717) is 11.7 Å². The molecule has 0 spiro atoms. The van der Waals surface area contributed by atoms with Crippen molar-refractivity contribution < 1.29 is 14.3 Å². The smallest absolute Gasteiger partial charge is 0.170 e. The molecule has 4 unspecified atom stereocenters. The predicted octanol–water partition coefficient (Wildman–Crippen LogP) is 8.40. The number of halogens is 1. The summed E-state index contributed by atoms with van der Waals surface area (Å²) in [5, 5.41) is 13.0. The number of fused-ring (bicyclic) bond motifs is 2. The highest BCUT2D eigenvalue weighted by Gasteiger charge is 2.35. The van der Waals surface area contributed by atoms with Gasteiger partial charge in [-0.15, -0.1) is 0 Å². The molecule has 1 aliphatic heterocycles. The zero-order chi connectivity index (χ0) is 27.8. The Bertz CT molecular complexity index is 1420. The van der Waals surface area contributed by atoms with Crippen LogP contribution in [0.25, 0.3) is 22.2 Å². The zero-order valence-electron chi connectivity index (χ0n) is 23.8. The van der Waals surface area contributed by atoms with Gasteiger partial charge in [-0.2, -0.15) is 0 Å². The molecular formula is C34H42FN3O2. The maximum atomic E-state index is 16.1. The van der Waals surface area contributed by atoms with Crippen LogP contribution in [0, 0.1) is 23.6 Å². The first-order valence-electron chi connectivity index (χ1n) is 15.4. The van der Waals surface area contributed by atoms with Gasteiger partial charge in [0.05, 0.1) is 28.6 Å². The fourth-order valence-electron chi connectivity index (χ4n) is 7.61. The normalized spacial score (nSPS) is 24.1. The van der Waals surface area contributed by atoms with Crippen molar-refractivity contribution in [1.82, 2.24) is 9.55 Å². The molecule has 2 aliphatic carbocycles. The summed E-state index contributed by atoms with van der Waals surface area (Å²) in [7, 11) is 0. The van der Waals surface area contributed by atoms with Gasteiger partial charge in [0.2, 0.25) is 0 Å². The molecule has 40 heavy (non-hydrogen) atoms. The Kier molecular flexibility index (Phi) is 7.80. The molecule has 0 amide bonds. The first-order valence-corrected chi connectivity index (χ1v) is 15.4. The van der Waals surface area contributed by atoms with Gasteiger partial charge in [0.1, 0.15) is 5.82 Å². The van der Waals surface area contributed by atoms with E-state index in [1.807, 2.05) is 19.5 Å². The molecule has 6 heteroatoms. The molecule has 4 atom stereocenters. The third-order valence-electron chi connectivity index (χ3n) is 9.99. The van der Waals surface area contributed by atoms with Crippen molar-refractivity contribution in [2.24, 2.45) is 17.8 Å². The molecule has 212 valence electrons. The number of carbonyl (C=O) groups excluding carboxylic acids is 1. The van der Waals surface area contributed by atoms with E-state index in [1.165, 1.54) is 32.1 Å². The lowest BCUT2D eigenvalue weighted by Gasteiger charge is -2.33. The SMILES string of the molecule is CCC1C=CNc2c(C(=O)C(C)C3CCCC(CO)C3)c(F)cc(-c3ccc4c(c3)ncn4C3CCCCC3)c21. The van der Waals surface area contributed by atoms with E-state index in [4.69, 9.17) is 4.98 Å². The Hall–Kier alpha value is -2.99. The summed E-state index contributed by atoms with van der Waals surface area (Å²) in [5.74, 6) is -0.425. The maximum absolute atomic E-state index is 16.1. The minimum atomic E-state index is -0.467.